The van der Waals surface area contributed by atoms with Crippen molar-refractivity contribution in [1.29, 1.82) is 0 Å². The molecule has 0 fully saturated rings. The number of carbonyl (C=O) groups excluding carboxylic acids is 1. The van der Waals surface area contributed by atoms with Crippen molar-refractivity contribution < 1.29 is 15.0 Å². The Bertz CT molecular complexity index is 774. The fraction of sp³-hybridized carbons (Fsp3) is 0.500. The summed E-state index contributed by atoms with van der Waals surface area (Å²) in [5.74, 6) is 0.0956. The summed E-state index contributed by atoms with van der Waals surface area (Å²) < 4.78 is 0. The number of hydrogen-bond acceptors (Lipinski definition) is 4. The SMILES string of the molecule is CCN(CC(O)c1cccc(O)c1)C(=O)NCc1n[nH]c2c1CCCCC2. The summed E-state index contributed by atoms with van der Waals surface area (Å²) in [7, 11) is 0. The van der Waals surface area contributed by atoms with Gasteiger partial charge >= 0.3 is 6.03 Å². The van der Waals surface area contributed by atoms with Gasteiger partial charge in [-0.15, -0.1) is 0 Å². The van der Waals surface area contributed by atoms with Gasteiger partial charge in [-0.3, -0.25) is 5.10 Å². The number of amides is 2. The lowest BCUT2D eigenvalue weighted by Crippen LogP contribution is -2.41. The number of aliphatic hydroxyl groups excluding tert-OH is 1. The number of nitrogens with one attached hydrogen (secondary N) is 2. The quantitative estimate of drug-likeness (QED) is 0.586. The average molecular weight is 372 g/mol. The van der Waals surface area contributed by atoms with Crippen LogP contribution < -0.4 is 5.32 Å². The van der Waals surface area contributed by atoms with Crippen LogP contribution in [0.25, 0.3) is 0 Å². The molecule has 2 aromatic rings. The highest BCUT2D eigenvalue weighted by molar-refractivity contribution is 5.74. The molecule has 0 radical (unpaired) electrons. The van der Waals surface area contributed by atoms with Gasteiger partial charge in [-0.1, -0.05) is 18.6 Å². The van der Waals surface area contributed by atoms with Crippen LogP contribution in [0.3, 0.4) is 0 Å². The van der Waals surface area contributed by atoms with E-state index in [0.717, 1.165) is 25.0 Å². The van der Waals surface area contributed by atoms with Gasteiger partial charge in [-0.05, 0) is 55.9 Å². The third-order valence-electron chi connectivity index (χ3n) is 5.12. The summed E-state index contributed by atoms with van der Waals surface area (Å²) in [5.41, 5.74) is 3.93. The molecule has 2 amide bonds. The number of aromatic nitrogens is 2. The number of phenolic OH excluding ortho intramolecular Hbond substituents is 1. The van der Waals surface area contributed by atoms with E-state index in [1.807, 2.05) is 6.92 Å². The van der Waals surface area contributed by atoms with Gasteiger partial charge in [0, 0.05) is 12.2 Å². The number of aryl methyl sites for hydroxylation is 1. The Balaban J connectivity index is 1.58. The van der Waals surface area contributed by atoms with Gasteiger partial charge in [-0.2, -0.15) is 5.10 Å². The van der Waals surface area contributed by atoms with Gasteiger partial charge < -0.3 is 20.4 Å². The zero-order valence-electron chi connectivity index (χ0n) is 15.7. The van der Waals surface area contributed by atoms with E-state index in [1.54, 1.807) is 23.1 Å². The van der Waals surface area contributed by atoms with Crippen molar-refractivity contribution in [2.24, 2.45) is 0 Å². The maximum absolute atomic E-state index is 12.6. The molecule has 1 unspecified atom stereocenters. The lowest BCUT2D eigenvalue weighted by molar-refractivity contribution is 0.123. The highest BCUT2D eigenvalue weighted by Gasteiger charge is 2.20. The number of hydrogen-bond donors (Lipinski definition) is 4. The second kappa shape index (κ2) is 8.90. The van der Waals surface area contributed by atoms with Gasteiger partial charge in [-0.25, -0.2) is 4.79 Å². The molecule has 0 saturated heterocycles. The van der Waals surface area contributed by atoms with E-state index in [1.165, 1.54) is 30.2 Å². The van der Waals surface area contributed by atoms with Crippen molar-refractivity contribution in [3.8, 4) is 5.75 Å². The molecule has 3 rings (SSSR count). The Hall–Kier alpha value is -2.54. The van der Waals surface area contributed by atoms with E-state index in [2.05, 4.69) is 15.5 Å². The van der Waals surface area contributed by atoms with E-state index in [-0.39, 0.29) is 18.3 Å². The topological polar surface area (TPSA) is 101 Å². The number of aromatic amines is 1. The second-order valence-corrected chi connectivity index (χ2v) is 7.00. The molecule has 1 aliphatic rings. The summed E-state index contributed by atoms with van der Waals surface area (Å²) >= 11 is 0. The van der Waals surface area contributed by atoms with Crippen LogP contribution in [0, 0.1) is 0 Å². The van der Waals surface area contributed by atoms with Gasteiger partial charge in [0.05, 0.1) is 24.9 Å². The molecule has 0 aliphatic heterocycles. The number of fused-ring (bicyclic) bond motifs is 1. The van der Waals surface area contributed by atoms with Crippen LogP contribution in [0.2, 0.25) is 0 Å². The molecule has 1 atom stereocenters. The molecular weight excluding hydrogens is 344 g/mol. The zero-order valence-corrected chi connectivity index (χ0v) is 15.7. The van der Waals surface area contributed by atoms with Crippen molar-refractivity contribution in [3.05, 3.63) is 46.8 Å². The third-order valence-corrected chi connectivity index (χ3v) is 5.12. The monoisotopic (exact) mass is 372 g/mol. The molecule has 0 spiro atoms. The number of aliphatic hydroxyl groups is 1. The maximum atomic E-state index is 12.6. The number of benzene rings is 1. The molecule has 7 nitrogen and oxygen atoms in total. The molecule has 27 heavy (non-hydrogen) atoms. The molecule has 0 saturated carbocycles. The Morgan fingerprint density at radius 2 is 2.15 bits per heavy atom. The minimum absolute atomic E-state index is 0.0956. The average Bonchev–Trinajstić information content (AvgIpc) is 2.90. The van der Waals surface area contributed by atoms with E-state index >= 15 is 0 Å². The highest BCUT2D eigenvalue weighted by atomic mass is 16.3. The summed E-state index contributed by atoms with van der Waals surface area (Å²) in [6.07, 6.45) is 4.73. The molecule has 0 bridgehead atoms. The number of H-pyrrole nitrogens is 1. The first-order valence-electron chi connectivity index (χ1n) is 9.63. The van der Waals surface area contributed by atoms with E-state index in [0.29, 0.717) is 18.7 Å². The lowest BCUT2D eigenvalue weighted by atomic mass is 10.1. The molecule has 1 aromatic carbocycles. The predicted molar refractivity (Wildman–Crippen MR) is 102 cm³/mol. The van der Waals surface area contributed by atoms with Crippen LogP contribution in [0.15, 0.2) is 24.3 Å². The fourth-order valence-corrected chi connectivity index (χ4v) is 3.55. The number of nitrogens with zero attached hydrogens (tertiary/aromatic N) is 2. The standard InChI is InChI=1S/C20H28N4O3/c1-2-24(13-19(26)14-7-6-8-15(25)11-14)20(27)21-12-18-16-9-4-3-5-10-17(16)22-23-18/h6-8,11,19,25-26H,2-5,9-10,12-13H2,1H3,(H,21,27)(H,22,23). The smallest absolute Gasteiger partial charge is 0.317 e. The molecule has 146 valence electrons. The van der Waals surface area contributed by atoms with Crippen LogP contribution in [-0.4, -0.2) is 44.4 Å². The number of likely N-dealkylation sites (N-methyl/N-ethyl adjacent to an activating group) is 1. The van der Waals surface area contributed by atoms with Gasteiger partial charge in [0.25, 0.3) is 0 Å². The van der Waals surface area contributed by atoms with Crippen LogP contribution in [0.1, 0.15) is 54.8 Å². The fourth-order valence-electron chi connectivity index (χ4n) is 3.55. The molecule has 4 N–H and O–H groups in total. The summed E-state index contributed by atoms with van der Waals surface area (Å²) in [4.78, 5) is 14.1. The van der Waals surface area contributed by atoms with Crippen LogP contribution >= 0.6 is 0 Å². The van der Waals surface area contributed by atoms with E-state index in [9.17, 15) is 15.0 Å². The van der Waals surface area contributed by atoms with Crippen LogP contribution in [-0.2, 0) is 19.4 Å². The minimum Gasteiger partial charge on any atom is -0.508 e. The summed E-state index contributed by atoms with van der Waals surface area (Å²) in [5, 5.41) is 30.4. The third kappa shape index (κ3) is 4.80. The minimum atomic E-state index is -0.857. The van der Waals surface area contributed by atoms with E-state index < -0.39 is 6.10 Å². The van der Waals surface area contributed by atoms with Crippen molar-refractivity contribution in [2.45, 2.75) is 51.7 Å². The van der Waals surface area contributed by atoms with Crippen molar-refractivity contribution in [2.75, 3.05) is 13.1 Å². The first-order valence-corrected chi connectivity index (χ1v) is 9.63. The first-order chi connectivity index (χ1) is 13.1. The summed E-state index contributed by atoms with van der Waals surface area (Å²) in [6.45, 7) is 2.88. The van der Waals surface area contributed by atoms with Crippen LogP contribution in [0.5, 0.6) is 5.75 Å². The van der Waals surface area contributed by atoms with Gasteiger partial charge in [0.2, 0.25) is 0 Å². The van der Waals surface area contributed by atoms with Crippen LogP contribution in [0.4, 0.5) is 4.79 Å². The Morgan fingerprint density at radius 1 is 1.33 bits per heavy atom. The number of carbonyl (C=O) groups is 1. The number of urea groups is 1. The van der Waals surface area contributed by atoms with E-state index in [4.69, 9.17) is 0 Å². The normalized spacial score (nSPS) is 14.9. The van der Waals surface area contributed by atoms with Crippen molar-refractivity contribution in [3.63, 3.8) is 0 Å². The van der Waals surface area contributed by atoms with Gasteiger partial charge in [0.15, 0.2) is 0 Å². The highest BCUT2D eigenvalue weighted by Crippen LogP contribution is 2.22. The maximum Gasteiger partial charge on any atom is 0.317 e. The van der Waals surface area contributed by atoms with Crippen molar-refractivity contribution in [1.82, 2.24) is 20.4 Å². The Labute approximate surface area is 159 Å². The predicted octanol–water partition coefficient (Wildman–Crippen LogP) is 2.65. The first kappa shape index (κ1) is 19.2. The number of aromatic hydroxyl groups is 1. The second-order valence-electron chi connectivity index (χ2n) is 7.00. The molecule has 1 heterocycles. The summed E-state index contributed by atoms with van der Waals surface area (Å²) in [6, 6.07) is 6.23. The molecular formula is C20H28N4O3. The largest absolute Gasteiger partial charge is 0.508 e. The number of rotatable bonds is 6. The lowest BCUT2D eigenvalue weighted by Gasteiger charge is -2.24. The van der Waals surface area contributed by atoms with Gasteiger partial charge in [0.1, 0.15) is 5.75 Å². The Kier molecular flexibility index (Phi) is 6.34. The zero-order chi connectivity index (χ0) is 19.2. The molecule has 1 aromatic heterocycles. The molecule has 7 heteroatoms. The Morgan fingerprint density at radius 3 is 2.93 bits per heavy atom. The van der Waals surface area contributed by atoms with Crippen molar-refractivity contribution >= 4 is 6.03 Å². The molecule has 1 aliphatic carbocycles. The number of phenols is 1.